The number of hydrogen-bond donors (Lipinski definition) is 1. The summed E-state index contributed by atoms with van der Waals surface area (Å²) in [5.74, 6) is -0.130. The summed E-state index contributed by atoms with van der Waals surface area (Å²) in [7, 11) is 0. The van der Waals surface area contributed by atoms with E-state index < -0.39 is 0 Å². The van der Waals surface area contributed by atoms with Crippen molar-refractivity contribution in [1.82, 2.24) is 9.88 Å². The van der Waals surface area contributed by atoms with Crippen molar-refractivity contribution in [2.24, 2.45) is 0 Å². The Morgan fingerprint density at radius 2 is 1.64 bits per heavy atom. The van der Waals surface area contributed by atoms with E-state index in [1.54, 1.807) is 4.57 Å². The number of pyridine rings is 1. The first-order valence-electron chi connectivity index (χ1n) is 10.1. The first-order valence-corrected chi connectivity index (χ1v) is 10.1. The lowest BCUT2D eigenvalue weighted by atomic mass is 10.0. The van der Waals surface area contributed by atoms with Crippen LogP contribution in [0.15, 0.2) is 59.4 Å². The molecule has 0 aliphatic heterocycles. The van der Waals surface area contributed by atoms with E-state index in [9.17, 15) is 9.59 Å². The van der Waals surface area contributed by atoms with Gasteiger partial charge in [0.2, 0.25) is 0 Å². The zero-order chi connectivity index (χ0) is 20.1. The van der Waals surface area contributed by atoms with Crippen LogP contribution in [0.3, 0.4) is 0 Å². The molecule has 28 heavy (non-hydrogen) atoms. The molecule has 3 aromatic rings. The molecule has 1 unspecified atom stereocenters. The molecule has 1 amide bonds. The number of aromatic nitrogens is 1. The minimum absolute atomic E-state index is 0.0202. The maximum absolute atomic E-state index is 13.3. The Morgan fingerprint density at radius 1 is 1.00 bits per heavy atom. The maximum Gasteiger partial charge on any atom is 0.258 e. The minimum atomic E-state index is -0.130. The van der Waals surface area contributed by atoms with Crippen molar-refractivity contribution >= 4 is 16.7 Å². The summed E-state index contributed by atoms with van der Waals surface area (Å²) < 4.78 is 1.75. The Kier molecular flexibility index (Phi) is 6.30. The van der Waals surface area contributed by atoms with Gasteiger partial charge in [-0.1, -0.05) is 68.8 Å². The van der Waals surface area contributed by atoms with Gasteiger partial charge in [0.15, 0.2) is 0 Å². The molecule has 0 bridgehead atoms. The van der Waals surface area contributed by atoms with Crippen molar-refractivity contribution in [3.8, 4) is 0 Å². The molecule has 1 aromatic heterocycles. The largest absolute Gasteiger partial charge is 0.345 e. The van der Waals surface area contributed by atoms with E-state index in [2.05, 4.69) is 19.2 Å². The van der Waals surface area contributed by atoms with E-state index in [1.807, 2.05) is 61.5 Å². The van der Waals surface area contributed by atoms with E-state index in [0.29, 0.717) is 17.5 Å². The lowest BCUT2D eigenvalue weighted by molar-refractivity contribution is 0.0935. The van der Waals surface area contributed by atoms with Gasteiger partial charge in [-0.05, 0) is 31.4 Å². The van der Waals surface area contributed by atoms with Crippen molar-refractivity contribution in [1.29, 1.82) is 0 Å². The van der Waals surface area contributed by atoms with Gasteiger partial charge in [0.1, 0.15) is 0 Å². The van der Waals surface area contributed by atoms with Gasteiger partial charge >= 0.3 is 0 Å². The molecule has 4 heteroatoms. The monoisotopic (exact) mass is 376 g/mol. The third-order valence-corrected chi connectivity index (χ3v) is 5.32. The number of carbonyl (C=O) groups excluding carboxylic acids is 1. The van der Waals surface area contributed by atoms with Crippen molar-refractivity contribution in [3.63, 3.8) is 0 Å². The van der Waals surface area contributed by atoms with Crippen LogP contribution in [0.4, 0.5) is 0 Å². The molecule has 0 saturated carbocycles. The molecule has 1 heterocycles. The first-order chi connectivity index (χ1) is 13.6. The zero-order valence-electron chi connectivity index (χ0n) is 16.9. The average Bonchev–Trinajstić information content (AvgIpc) is 2.72. The molecule has 0 saturated heterocycles. The molecule has 146 valence electrons. The summed E-state index contributed by atoms with van der Waals surface area (Å²) in [6, 6.07) is 17.3. The fraction of sp³-hybridized carbons (Fsp3) is 0.333. The Labute approximate surface area is 166 Å². The fourth-order valence-electron chi connectivity index (χ4n) is 3.72. The number of rotatable bonds is 7. The van der Waals surface area contributed by atoms with Gasteiger partial charge in [0.05, 0.1) is 11.6 Å². The van der Waals surface area contributed by atoms with Gasteiger partial charge in [-0.15, -0.1) is 0 Å². The number of fused-ring (bicyclic) bond motifs is 1. The van der Waals surface area contributed by atoms with Crippen LogP contribution < -0.4 is 10.9 Å². The number of amides is 1. The van der Waals surface area contributed by atoms with E-state index in [4.69, 9.17) is 0 Å². The Morgan fingerprint density at radius 3 is 2.29 bits per heavy atom. The summed E-state index contributed by atoms with van der Waals surface area (Å²) in [4.78, 5) is 26.3. The van der Waals surface area contributed by atoms with E-state index in [-0.39, 0.29) is 17.5 Å². The van der Waals surface area contributed by atoms with Crippen molar-refractivity contribution < 1.29 is 4.79 Å². The molecule has 2 aromatic carbocycles. The minimum Gasteiger partial charge on any atom is -0.345 e. The first kappa shape index (κ1) is 19.9. The molecule has 0 fully saturated rings. The predicted molar refractivity (Wildman–Crippen MR) is 115 cm³/mol. The van der Waals surface area contributed by atoms with Crippen LogP contribution >= 0.6 is 0 Å². The molecule has 4 nitrogen and oxygen atoms in total. The van der Waals surface area contributed by atoms with Crippen LogP contribution in [0, 0.1) is 6.92 Å². The van der Waals surface area contributed by atoms with E-state index in [1.165, 1.54) is 0 Å². The molecule has 1 N–H and O–H groups in total. The van der Waals surface area contributed by atoms with E-state index in [0.717, 1.165) is 35.9 Å². The molecular formula is C24H28N2O2. The summed E-state index contributed by atoms with van der Waals surface area (Å²) in [6.07, 6.45) is 2.69. The standard InChI is InChI=1S/C24H28N2O2/c1-4-6-16-26-17(3)22(19-14-10-11-15-20(19)24(26)28)23(27)25-21(5-2)18-12-8-7-9-13-18/h7-15,21H,4-6,16H2,1-3H3,(H,25,27). The number of nitrogens with one attached hydrogen (secondary N) is 1. The van der Waals surface area contributed by atoms with Crippen LogP contribution in [0.5, 0.6) is 0 Å². The van der Waals surface area contributed by atoms with Crippen LogP contribution in [-0.2, 0) is 6.54 Å². The second kappa shape index (κ2) is 8.87. The molecule has 0 aliphatic rings. The predicted octanol–water partition coefficient (Wildman–Crippen LogP) is 4.99. The second-order valence-electron chi connectivity index (χ2n) is 7.16. The van der Waals surface area contributed by atoms with Gasteiger partial charge in [-0.2, -0.15) is 0 Å². The molecule has 0 aliphatic carbocycles. The SMILES string of the molecule is CCCCn1c(C)c(C(=O)NC(CC)c2ccccc2)c2ccccc2c1=O. The summed E-state index contributed by atoms with van der Waals surface area (Å²) in [5.41, 5.74) is 2.39. The van der Waals surface area contributed by atoms with Gasteiger partial charge in [0.25, 0.3) is 11.5 Å². The lowest BCUT2D eigenvalue weighted by Crippen LogP contribution is -2.32. The van der Waals surface area contributed by atoms with Gasteiger partial charge in [-0.3, -0.25) is 9.59 Å². The smallest absolute Gasteiger partial charge is 0.258 e. The normalized spacial score (nSPS) is 12.1. The zero-order valence-corrected chi connectivity index (χ0v) is 16.9. The summed E-state index contributed by atoms with van der Waals surface area (Å²) in [5, 5.41) is 4.50. The second-order valence-corrected chi connectivity index (χ2v) is 7.16. The Bertz CT molecular complexity index is 1020. The molecule has 0 radical (unpaired) electrons. The molecule has 0 spiro atoms. The lowest BCUT2D eigenvalue weighted by Gasteiger charge is -2.21. The van der Waals surface area contributed by atoms with Gasteiger partial charge < -0.3 is 9.88 Å². The highest BCUT2D eigenvalue weighted by Crippen LogP contribution is 2.22. The Hall–Kier alpha value is -2.88. The number of carbonyl (C=O) groups is 1. The number of hydrogen-bond acceptors (Lipinski definition) is 2. The fourth-order valence-corrected chi connectivity index (χ4v) is 3.72. The van der Waals surface area contributed by atoms with E-state index >= 15 is 0 Å². The molecule has 1 atom stereocenters. The maximum atomic E-state index is 13.3. The van der Waals surface area contributed by atoms with Crippen molar-refractivity contribution in [2.75, 3.05) is 0 Å². The summed E-state index contributed by atoms with van der Waals surface area (Å²) >= 11 is 0. The van der Waals surface area contributed by atoms with Gasteiger partial charge in [0, 0.05) is 23.0 Å². The highest BCUT2D eigenvalue weighted by atomic mass is 16.2. The third-order valence-electron chi connectivity index (χ3n) is 5.32. The average molecular weight is 377 g/mol. The topological polar surface area (TPSA) is 51.1 Å². The van der Waals surface area contributed by atoms with Crippen molar-refractivity contribution in [3.05, 3.63) is 81.8 Å². The van der Waals surface area contributed by atoms with Crippen LogP contribution in [0.1, 0.15) is 60.8 Å². The summed E-state index contributed by atoms with van der Waals surface area (Å²) in [6.45, 7) is 6.66. The van der Waals surface area contributed by atoms with Crippen LogP contribution in [0.2, 0.25) is 0 Å². The van der Waals surface area contributed by atoms with Gasteiger partial charge in [-0.25, -0.2) is 0 Å². The number of unbranched alkanes of at least 4 members (excludes halogenated alkanes) is 1. The highest BCUT2D eigenvalue weighted by molar-refractivity contribution is 6.07. The quantitative estimate of drug-likeness (QED) is 0.631. The third kappa shape index (κ3) is 3.86. The molecular weight excluding hydrogens is 348 g/mol. The van der Waals surface area contributed by atoms with Crippen molar-refractivity contribution in [2.45, 2.75) is 52.6 Å². The number of nitrogens with zero attached hydrogens (tertiary/aromatic N) is 1. The highest BCUT2D eigenvalue weighted by Gasteiger charge is 2.21. The molecule has 3 rings (SSSR count). The van der Waals surface area contributed by atoms with Crippen LogP contribution in [0.25, 0.3) is 10.8 Å². The van der Waals surface area contributed by atoms with Crippen LogP contribution in [-0.4, -0.2) is 10.5 Å². The number of benzene rings is 2. The Balaban J connectivity index is 2.08.